The van der Waals surface area contributed by atoms with Gasteiger partial charge in [-0.3, -0.25) is 19.5 Å². The van der Waals surface area contributed by atoms with Crippen LogP contribution >= 0.6 is 0 Å². The highest BCUT2D eigenvalue weighted by Crippen LogP contribution is 2.37. The number of amides is 1. The second kappa shape index (κ2) is 9.81. The first kappa shape index (κ1) is 23.5. The van der Waals surface area contributed by atoms with E-state index in [0.717, 1.165) is 18.4 Å². The summed E-state index contributed by atoms with van der Waals surface area (Å²) in [4.78, 5) is 38.4. The third-order valence-electron chi connectivity index (χ3n) is 6.91. The molecule has 0 N–H and O–H groups in total. The highest BCUT2D eigenvalue weighted by Gasteiger charge is 2.30. The number of aryl methyl sites for hydroxylation is 3. The maximum Gasteiger partial charge on any atom is 0.419 e. The topological polar surface area (TPSA) is 98.6 Å². The van der Waals surface area contributed by atoms with E-state index in [0.29, 0.717) is 18.5 Å². The summed E-state index contributed by atoms with van der Waals surface area (Å²) in [5.41, 5.74) is 5.26. The first-order valence-electron chi connectivity index (χ1n) is 12.1. The van der Waals surface area contributed by atoms with Gasteiger partial charge < -0.3 is 9.32 Å². The molecule has 0 radical (unpaired) electrons. The van der Waals surface area contributed by atoms with Crippen molar-refractivity contribution in [3.8, 4) is 0 Å². The molecular formula is C28H27N3O5. The molecule has 0 bridgehead atoms. The number of hydrogen-bond acceptors (Lipinski definition) is 5. The zero-order valence-corrected chi connectivity index (χ0v) is 20.1. The normalized spacial score (nSPS) is 14.6. The van der Waals surface area contributed by atoms with Gasteiger partial charge in [0.1, 0.15) is 0 Å². The van der Waals surface area contributed by atoms with Crippen LogP contribution in [-0.2, 0) is 24.3 Å². The highest BCUT2D eigenvalue weighted by atomic mass is 16.6. The van der Waals surface area contributed by atoms with Crippen molar-refractivity contribution in [3.63, 3.8) is 0 Å². The molecule has 4 aromatic rings. The molecule has 1 amide bonds. The van der Waals surface area contributed by atoms with Crippen LogP contribution in [0.2, 0.25) is 0 Å². The van der Waals surface area contributed by atoms with Gasteiger partial charge in [-0.1, -0.05) is 54.1 Å². The monoisotopic (exact) mass is 485 g/mol. The lowest BCUT2D eigenvalue weighted by molar-refractivity contribution is -0.384. The van der Waals surface area contributed by atoms with Crippen molar-refractivity contribution in [3.05, 3.63) is 110 Å². The van der Waals surface area contributed by atoms with E-state index in [1.54, 1.807) is 0 Å². The number of nitrogens with zero attached hydrogens (tertiary/aromatic N) is 3. The van der Waals surface area contributed by atoms with E-state index in [1.807, 2.05) is 24.0 Å². The lowest BCUT2D eigenvalue weighted by atomic mass is 10.0. The quantitative estimate of drug-likeness (QED) is 0.249. The van der Waals surface area contributed by atoms with Gasteiger partial charge in [-0.15, -0.1) is 0 Å². The maximum absolute atomic E-state index is 13.5. The third kappa shape index (κ3) is 4.66. The minimum absolute atomic E-state index is 0.0213. The largest absolute Gasteiger partial charge is 0.419 e. The van der Waals surface area contributed by atoms with Crippen LogP contribution in [0.5, 0.6) is 0 Å². The van der Waals surface area contributed by atoms with Gasteiger partial charge in [0, 0.05) is 25.6 Å². The Bertz CT molecular complexity index is 1490. The Morgan fingerprint density at radius 1 is 1.14 bits per heavy atom. The summed E-state index contributed by atoms with van der Waals surface area (Å²) in [5, 5.41) is 11.0. The van der Waals surface area contributed by atoms with E-state index in [1.165, 1.54) is 39.5 Å². The molecule has 0 saturated heterocycles. The third-order valence-corrected chi connectivity index (χ3v) is 6.91. The summed E-state index contributed by atoms with van der Waals surface area (Å²) >= 11 is 0. The Morgan fingerprint density at radius 3 is 2.69 bits per heavy atom. The fraction of sp³-hybridized carbons (Fsp3) is 0.286. The molecule has 0 spiro atoms. The molecule has 1 atom stereocenters. The molecule has 1 aromatic heterocycles. The van der Waals surface area contributed by atoms with Gasteiger partial charge in [-0.05, 0) is 48.9 Å². The Hall–Kier alpha value is -4.20. The molecule has 1 unspecified atom stereocenters. The summed E-state index contributed by atoms with van der Waals surface area (Å²) < 4.78 is 6.64. The highest BCUT2D eigenvalue weighted by molar-refractivity contribution is 5.77. The second-order valence-electron chi connectivity index (χ2n) is 9.29. The second-order valence-corrected chi connectivity index (χ2v) is 9.29. The lowest BCUT2D eigenvalue weighted by Crippen LogP contribution is -2.33. The zero-order chi connectivity index (χ0) is 25.2. The van der Waals surface area contributed by atoms with Gasteiger partial charge in [-0.2, -0.15) is 0 Å². The SMILES string of the molecule is Cc1ccc(CN(C(=O)CCCn2c(=O)oc3cc([N+](=O)[O-])ccc32)C2CCc3ccccc32)cc1. The fourth-order valence-electron chi connectivity index (χ4n) is 5.03. The van der Waals surface area contributed by atoms with Crippen molar-refractivity contribution in [1.82, 2.24) is 9.47 Å². The molecule has 0 aliphatic heterocycles. The van der Waals surface area contributed by atoms with Gasteiger partial charge in [0.25, 0.3) is 5.69 Å². The molecule has 184 valence electrons. The van der Waals surface area contributed by atoms with E-state index in [4.69, 9.17) is 4.42 Å². The van der Waals surface area contributed by atoms with Gasteiger partial charge >= 0.3 is 5.76 Å². The van der Waals surface area contributed by atoms with Crippen LogP contribution in [0.3, 0.4) is 0 Å². The lowest BCUT2D eigenvalue weighted by Gasteiger charge is -2.30. The van der Waals surface area contributed by atoms with Gasteiger partial charge in [0.05, 0.1) is 22.5 Å². The van der Waals surface area contributed by atoms with Crippen molar-refractivity contribution in [2.75, 3.05) is 0 Å². The first-order valence-corrected chi connectivity index (χ1v) is 12.1. The number of non-ortho nitro benzene ring substituents is 1. The van der Waals surface area contributed by atoms with Gasteiger partial charge in [0.2, 0.25) is 5.91 Å². The predicted octanol–water partition coefficient (Wildman–Crippen LogP) is 5.31. The van der Waals surface area contributed by atoms with Crippen LogP contribution in [-0.4, -0.2) is 20.3 Å². The van der Waals surface area contributed by atoms with Crippen LogP contribution in [0.25, 0.3) is 11.1 Å². The molecule has 8 nitrogen and oxygen atoms in total. The number of oxazole rings is 1. The molecule has 36 heavy (non-hydrogen) atoms. The summed E-state index contributed by atoms with van der Waals surface area (Å²) in [6.45, 7) is 2.85. The number of hydrogen-bond donors (Lipinski definition) is 0. The van der Waals surface area contributed by atoms with Crippen LogP contribution in [0.15, 0.2) is 75.9 Å². The fourth-order valence-corrected chi connectivity index (χ4v) is 5.03. The Kier molecular flexibility index (Phi) is 6.41. The van der Waals surface area contributed by atoms with Gasteiger partial charge in [0.15, 0.2) is 5.58 Å². The van der Waals surface area contributed by atoms with Crippen LogP contribution < -0.4 is 5.76 Å². The van der Waals surface area contributed by atoms with E-state index < -0.39 is 10.7 Å². The summed E-state index contributed by atoms with van der Waals surface area (Å²) in [6.07, 6.45) is 2.56. The summed E-state index contributed by atoms with van der Waals surface area (Å²) in [6, 6.07) is 20.7. The number of nitro benzene ring substituents is 1. The Balaban J connectivity index is 1.33. The number of rotatable bonds is 8. The predicted molar refractivity (Wildman–Crippen MR) is 136 cm³/mol. The average Bonchev–Trinajstić information content (AvgIpc) is 3.43. The first-order chi connectivity index (χ1) is 17.4. The number of fused-ring (bicyclic) bond motifs is 2. The van der Waals surface area contributed by atoms with E-state index >= 15 is 0 Å². The van der Waals surface area contributed by atoms with Crippen molar-refractivity contribution in [2.24, 2.45) is 0 Å². The maximum atomic E-state index is 13.5. The van der Waals surface area contributed by atoms with E-state index in [9.17, 15) is 19.7 Å². The molecule has 5 rings (SSSR count). The number of aromatic nitrogens is 1. The molecular weight excluding hydrogens is 458 g/mol. The number of carbonyl (C=O) groups is 1. The molecule has 1 aliphatic rings. The number of nitro groups is 1. The Labute approximate surface area is 207 Å². The number of benzene rings is 3. The smallest absolute Gasteiger partial charge is 0.407 e. The van der Waals surface area contributed by atoms with Gasteiger partial charge in [-0.25, -0.2) is 4.79 Å². The van der Waals surface area contributed by atoms with Crippen molar-refractivity contribution < 1.29 is 14.1 Å². The molecule has 0 saturated carbocycles. The summed E-state index contributed by atoms with van der Waals surface area (Å²) in [7, 11) is 0. The minimum Gasteiger partial charge on any atom is -0.407 e. The zero-order valence-electron chi connectivity index (χ0n) is 20.1. The summed E-state index contributed by atoms with van der Waals surface area (Å²) in [5.74, 6) is -0.548. The minimum atomic E-state index is -0.584. The van der Waals surface area contributed by atoms with Crippen molar-refractivity contribution in [1.29, 1.82) is 0 Å². The molecule has 0 fully saturated rings. The average molecular weight is 486 g/mol. The van der Waals surface area contributed by atoms with E-state index in [-0.39, 0.29) is 36.2 Å². The molecule has 1 aliphatic carbocycles. The van der Waals surface area contributed by atoms with Crippen molar-refractivity contribution >= 4 is 22.7 Å². The molecule has 1 heterocycles. The Morgan fingerprint density at radius 2 is 1.92 bits per heavy atom. The molecule has 8 heteroatoms. The van der Waals surface area contributed by atoms with Crippen LogP contribution in [0.1, 0.15) is 47.6 Å². The van der Waals surface area contributed by atoms with Crippen molar-refractivity contribution in [2.45, 2.75) is 51.7 Å². The van der Waals surface area contributed by atoms with Crippen LogP contribution in [0.4, 0.5) is 5.69 Å². The van der Waals surface area contributed by atoms with Crippen LogP contribution in [0, 0.1) is 17.0 Å². The van der Waals surface area contributed by atoms with E-state index in [2.05, 4.69) is 36.4 Å². The molecule has 3 aromatic carbocycles. The number of carbonyl (C=O) groups excluding carboxylic acids is 1. The standard InChI is InChI=1S/C28H27N3O5/c1-19-8-10-20(11-9-19)18-30(24-14-12-21-5-2-3-6-23(21)24)27(32)7-4-16-29-25-15-13-22(31(34)35)17-26(25)36-28(29)33/h2-3,5-6,8-11,13,15,17,24H,4,7,12,14,16,18H2,1H3.